The number of aromatic nitrogens is 6. The number of rotatable bonds is 70. The van der Waals surface area contributed by atoms with Crippen LogP contribution in [0.3, 0.4) is 0 Å². The summed E-state index contributed by atoms with van der Waals surface area (Å²) in [5.74, 6) is -9.14. The zero-order valence-corrected chi connectivity index (χ0v) is 86.4. The number of carboxylic acid groups (broad SMARTS) is 1. The molecular formula is C111H141FN14O24. The van der Waals surface area contributed by atoms with Gasteiger partial charge in [0.15, 0.2) is 29.0 Å². The van der Waals surface area contributed by atoms with Crippen LogP contribution in [0.15, 0.2) is 146 Å². The molecule has 1 aliphatic heterocycles. The number of aryl methyl sites for hydroxylation is 4. The van der Waals surface area contributed by atoms with Crippen molar-refractivity contribution < 1.29 is 120 Å². The molecule has 8 amide bonds. The van der Waals surface area contributed by atoms with Gasteiger partial charge in [-0.15, -0.1) is 10.2 Å². The number of benzene rings is 6. The van der Waals surface area contributed by atoms with Crippen LogP contribution < -0.4 is 47.3 Å². The van der Waals surface area contributed by atoms with Gasteiger partial charge in [0.1, 0.15) is 46.7 Å². The fourth-order valence-corrected chi connectivity index (χ4v) is 17.3. The van der Waals surface area contributed by atoms with Crippen molar-refractivity contribution in [2.45, 2.75) is 252 Å². The highest BCUT2D eigenvalue weighted by molar-refractivity contribution is 6.06. The van der Waals surface area contributed by atoms with E-state index in [1.165, 1.54) is 45.3 Å². The summed E-state index contributed by atoms with van der Waals surface area (Å²) in [4.78, 5) is 216. The third kappa shape index (κ3) is 39.1. The Kier molecular flexibility index (Phi) is 48.6. The van der Waals surface area contributed by atoms with Crippen LogP contribution in [0.2, 0.25) is 0 Å². The van der Waals surface area contributed by atoms with Crippen molar-refractivity contribution in [3.05, 3.63) is 213 Å². The number of aliphatic hydroxyl groups excluding tert-OH is 3. The lowest BCUT2D eigenvalue weighted by atomic mass is 9.76. The number of hydrogen-bond acceptors (Lipinski definition) is 27. The van der Waals surface area contributed by atoms with E-state index in [2.05, 4.69) is 74.3 Å². The van der Waals surface area contributed by atoms with Crippen molar-refractivity contribution >= 4 is 93.6 Å². The van der Waals surface area contributed by atoms with Crippen LogP contribution in [0.25, 0.3) is 11.1 Å². The first-order valence-corrected chi connectivity index (χ1v) is 50.9. The number of H-pyrrole nitrogens is 2. The Morgan fingerprint density at radius 2 is 1.19 bits per heavy atom. The van der Waals surface area contributed by atoms with E-state index in [-0.39, 0.29) is 80.5 Å². The second kappa shape index (κ2) is 61.1. The van der Waals surface area contributed by atoms with E-state index in [4.69, 9.17) is 29.4 Å². The fraction of sp³-hybridized carbons (Fsp3) is 0.486. The quantitative estimate of drug-likeness (QED) is 0.00975. The normalized spacial score (nSPS) is 13.9. The number of nitrogens with two attached hydrogens (primary N) is 1. The number of fused-ring (bicyclic) bond motifs is 2. The van der Waals surface area contributed by atoms with Crippen LogP contribution in [0.4, 0.5) is 10.1 Å². The molecule has 6 aromatic carbocycles. The largest absolute Gasteiger partial charge is 0.494 e. The molecule has 0 unspecified atom stereocenters. The minimum atomic E-state index is -2.12. The standard InChI is InChI=1S/C111H141FN14O24/c1-9-76-59-87(150-47-18-10-11-26-86(131)44-48-147-50-52-149-54-53-148-51-49-146-46-20-27-85(130)37-42-100(137)126-67-81-25-13-12-22-77(81)35-36-79-23-15-17-30-93(79)126)38-39-88(76)78-33-31-74(32-34-78)58-82(105(141)117-90(104(113)140)29-19-21-75-56-70(2)55-71(3)57-75)60-95(133)92(63-101(138)139)118-106(142)83(68-127)61-96(134)102(72(4)128)121-109(145)111(8,64-80-24-14-16-28-89(80)112)65-97(135)103(73(5)129)120-99(136)41-40-94(132)91(62-98-122-124-125-123-98)119-108(144)110(6,7)107(143)115-45-43-84-66-114-69-116-84/h12-17,22-25,28,30-34,38-39,55-57,59,66,69,72-73,82-83,90-92,102-103,127-129H,9-11,18-21,26-27,29,37,40-54,58,60-65,67-68H2,1-8H3,(H2,113,140)(H,114,116)(H,115,143)(H,117,141)(H,118,142)(H,119,144)(H,120,136)(H,121,145)(H,138,139)(H,122,123,124,125)/t72-,73-,82-,83+,90+,91+,92+,102+,103+,111-/m1/s1. The Morgan fingerprint density at radius 1 is 0.560 bits per heavy atom. The molecule has 9 rings (SSSR count). The Balaban J connectivity index is 0.734. The first-order chi connectivity index (χ1) is 71.8. The molecule has 0 saturated heterocycles. The van der Waals surface area contributed by atoms with Crippen molar-refractivity contribution in [3.63, 3.8) is 0 Å². The van der Waals surface area contributed by atoms with E-state index in [1.807, 2.05) is 118 Å². The van der Waals surface area contributed by atoms with Gasteiger partial charge in [0.05, 0.1) is 120 Å². The molecule has 0 bridgehead atoms. The number of halogens is 1. The number of imidazole rings is 1. The summed E-state index contributed by atoms with van der Waals surface area (Å²) in [5.41, 5.74) is 12.1. The van der Waals surface area contributed by atoms with Crippen molar-refractivity contribution in [3.8, 4) is 28.7 Å². The number of hydrogen-bond donors (Lipinski definition) is 13. The zero-order valence-electron chi connectivity index (χ0n) is 86.4. The van der Waals surface area contributed by atoms with Crippen LogP contribution in [0, 0.1) is 54.2 Å². The van der Waals surface area contributed by atoms with Crippen molar-refractivity contribution in [1.82, 2.24) is 62.5 Å². The van der Waals surface area contributed by atoms with E-state index in [0.29, 0.717) is 129 Å². The Morgan fingerprint density at radius 3 is 1.85 bits per heavy atom. The fourth-order valence-electron chi connectivity index (χ4n) is 17.3. The molecule has 10 atom stereocenters. The summed E-state index contributed by atoms with van der Waals surface area (Å²) in [6.07, 6.45) is -0.734. The molecular weight excluding hydrogens is 1930 g/mol. The van der Waals surface area contributed by atoms with E-state index in [9.17, 15) is 92.3 Å². The number of aliphatic carboxylic acids is 1. The predicted molar refractivity (Wildman–Crippen MR) is 551 cm³/mol. The molecule has 0 saturated carbocycles. The van der Waals surface area contributed by atoms with Gasteiger partial charge in [0.2, 0.25) is 47.3 Å². The van der Waals surface area contributed by atoms with Gasteiger partial charge in [-0.2, -0.15) is 5.21 Å². The van der Waals surface area contributed by atoms with Crippen molar-refractivity contribution in [2.24, 2.45) is 28.4 Å². The SMILES string of the molecule is CCc1cc(OCCCCCC(=O)CCOCCOCCOCCOCCCC(=O)CCC(=O)N2Cc3ccccc3C#Cc3ccccc32)ccc1-c1ccc(C[C@H](CC(=O)[C@H](CC(=O)O)NC(=O)[C@H](CO)CC(=O)[C@@H](NC(=O)[C@@](C)(CC(=O)[C@@H](NC(=O)CCC(=O)[C@H](Cc2nn[nH]n2)NC(=O)C(C)(C)C(=O)NCCc2cnc[nH]2)[C@@H](C)O)Cc2ccccc2F)[C@@H](C)O)C(=O)N[C@@H](CCCc2cc(C)cc(C)c2)C(N)=O)cc1. The molecule has 14 N–H and O–H groups in total. The first-order valence-electron chi connectivity index (χ1n) is 50.9. The maximum atomic E-state index is 15.7. The number of carbonyl (C=O) groups is 15. The second-order valence-electron chi connectivity index (χ2n) is 38.6. The third-order valence-corrected chi connectivity index (χ3v) is 25.9. The number of unbranched alkanes of at least 4 members (excludes halogenated alkanes) is 2. The average molecular weight is 2070 g/mol. The average Bonchev–Trinajstić information content (AvgIpc) is 1.22. The lowest BCUT2D eigenvalue weighted by molar-refractivity contribution is -0.143. The summed E-state index contributed by atoms with van der Waals surface area (Å²) in [6.45, 7) is 14.5. The van der Waals surface area contributed by atoms with E-state index < -0.39 is 193 Å². The number of ether oxygens (including phenoxy) is 5. The number of carbonyl (C=O) groups excluding carboxylic acids is 14. The summed E-state index contributed by atoms with van der Waals surface area (Å²) < 4.78 is 44.4. The highest BCUT2D eigenvalue weighted by Gasteiger charge is 2.44. The topological polar surface area (TPSA) is 568 Å². The number of primary amides is 1. The molecule has 0 aliphatic carbocycles. The van der Waals surface area contributed by atoms with Crippen LogP contribution in [0.1, 0.15) is 212 Å². The van der Waals surface area contributed by atoms with Gasteiger partial charge in [-0.25, -0.2) is 9.37 Å². The summed E-state index contributed by atoms with van der Waals surface area (Å²) in [7, 11) is 0. The number of carboxylic acids is 1. The molecule has 38 nitrogen and oxygen atoms in total. The summed E-state index contributed by atoms with van der Waals surface area (Å²) >= 11 is 0. The molecule has 806 valence electrons. The Bertz CT molecular complexity index is 5930. The second-order valence-corrected chi connectivity index (χ2v) is 38.6. The molecule has 1 aliphatic rings. The number of aromatic amines is 2. The lowest BCUT2D eigenvalue weighted by Crippen LogP contribution is -2.55. The van der Waals surface area contributed by atoms with Crippen molar-refractivity contribution in [1.29, 1.82) is 0 Å². The number of nitrogens with zero attached hydrogens (tertiary/aromatic N) is 5. The molecule has 8 aromatic rings. The zero-order chi connectivity index (χ0) is 109. The number of aliphatic hydroxyl groups is 3. The molecule has 3 heterocycles. The van der Waals surface area contributed by atoms with Gasteiger partial charge >= 0.3 is 5.97 Å². The van der Waals surface area contributed by atoms with E-state index in [0.717, 1.165) is 87.8 Å². The van der Waals surface area contributed by atoms with Crippen LogP contribution in [-0.2, 0) is 136 Å². The molecule has 2 aromatic heterocycles. The molecule has 150 heavy (non-hydrogen) atoms. The molecule has 0 spiro atoms. The number of Topliss-reactive ketones (excluding diaryl/α,β-unsaturated/α-hetero) is 6. The Labute approximate surface area is 872 Å². The van der Waals surface area contributed by atoms with Gasteiger partial charge in [-0.05, 0) is 181 Å². The number of tetrazole rings is 1. The highest BCUT2D eigenvalue weighted by atomic mass is 19.1. The minimum Gasteiger partial charge on any atom is -0.494 e. The van der Waals surface area contributed by atoms with Gasteiger partial charge in [0, 0.05) is 119 Å². The monoisotopic (exact) mass is 2070 g/mol. The van der Waals surface area contributed by atoms with Gasteiger partial charge < -0.3 is 91.6 Å². The van der Waals surface area contributed by atoms with Crippen LogP contribution in [0.5, 0.6) is 5.75 Å². The number of amides is 8. The van der Waals surface area contributed by atoms with Crippen LogP contribution in [-0.4, -0.2) is 254 Å². The van der Waals surface area contributed by atoms with E-state index >= 15 is 4.39 Å². The third-order valence-electron chi connectivity index (χ3n) is 25.9. The van der Waals surface area contributed by atoms with Gasteiger partial charge in [-0.3, -0.25) is 71.9 Å². The maximum Gasteiger partial charge on any atom is 0.305 e. The number of nitrogens with one attached hydrogen (secondary N) is 8. The smallest absolute Gasteiger partial charge is 0.305 e. The predicted octanol–water partition coefficient (Wildman–Crippen LogP) is 7.99. The summed E-state index contributed by atoms with van der Waals surface area (Å²) in [5, 5.41) is 72.0. The molecule has 39 heteroatoms. The lowest BCUT2D eigenvalue weighted by Gasteiger charge is -2.33. The maximum absolute atomic E-state index is 15.7. The minimum absolute atomic E-state index is 0.00285. The number of anilines is 1. The summed E-state index contributed by atoms with van der Waals surface area (Å²) in [6, 6.07) is 30.9. The van der Waals surface area contributed by atoms with Gasteiger partial charge in [-0.1, -0.05) is 139 Å². The first kappa shape index (κ1) is 119. The molecule has 0 fully saturated rings. The van der Waals surface area contributed by atoms with E-state index in [1.54, 1.807) is 23.2 Å². The molecule has 0 radical (unpaired) electrons. The van der Waals surface area contributed by atoms with Crippen LogP contribution >= 0.6 is 0 Å². The van der Waals surface area contributed by atoms with Crippen molar-refractivity contribution in [2.75, 3.05) is 77.5 Å². The number of ketones is 6. The number of para-hydroxylation sites is 1. The van der Waals surface area contributed by atoms with Gasteiger partial charge in [0.25, 0.3) is 0 Å². The Hall–Kier alpha value is -14.1. The highest BCUT2D eigenvalue weighted by Crippen LogP contribution is 2.34.